The average Bonchev–Trinajstić information content (AvgIpc) is 2.38. The Morgan fingerprint density at radius 3 is 2.17 bits per heavy atom. The van der Waals surface area contributed by atoms with Crippen LogP contribution in [0.1, 0.15) is 25.0 Å². The van der Waals surface area contributed by atoms with E-state index >= 15 is 0 Å². The molecule has 0 saturated carbocycles. The summed E-state index contributed by atoms with van der Waals surface area (Å²) >= 11 is 0. The predicted octanol–water partition coefficient (Wildman–Crippen LogP) is 4.48. The van der Waals surface area contributed by atoms with E-state index < -0.39 is 0 Å². The molecule has 2 aromatic carbocycles. The maximum atomic E-state index is 10.0. The van der Waals surface area contributed by atoms with Crippen molar-refractivity contribution < 1.29 is 5.11 Å². The Labute approximate surface area is 108 Å². The number of phenols is 1. The molecule has 0 aliphatic rings. The molecule has 2 rings (SSSR count). The predicted molar refractivity (Wildman–Crippen MR) is 76.5 cm³/mol. The first kappa shape index (κ1) is 12.4. The van der Waals surface area contributed by atoms with Crippen molar-refractivity contribution in [2.75, 3.05) is 0 Å². The second kappa shape index (κ2) is 5.54. The third kappa shape index (κ3) is 2.80. The first-order valence-electron chi connectivity index (χ1n) is 6.24. The van der Waals surface area contributed by atoms with Crippen LogP contribution < -0.4 is 0 Å². The molecule has 92 valence electrons. The van der Waals surface area contributed by atoms with Crippen LogP contribution in [0, 0.1) is 5.92 Å². The van der Waals surface area contributed by atoms with Crippen molar-refractivity contribution in [1.29, 1.82) is 0 Å². The monoisotopic (exact) mass is 238 g/mol. The summed E-state index contributed by atoms with van der Waals surface area (Å²) in [6.45, 7) is 4.28. The molecule has 1 heteroatoms. The minimum Gasteiger partial charge on any atom is -0.507 e. The lowest BCUT2D eigenvalue weighted by Crippen LogP contribution is -1.91. The summed E-state index contributed by atoms with van der Waals surface area (Å²) in [4.78, 5) is 0. The fraction of sp³-hybridized carbons (Fsp3) is 0.176. The minimum atomic E-state index is 0.327. The maximum Gasteiger partial charge on any atom is 0.123 e. The molecular weight excluding hydrogens is 220 g/mol. The van der Waals surface area contributed by atoms with Gasteiger partial charge in [0, 0.05) is 5.56 Å². The van der Waals surface area contributed by atoms with E-state index in [-0.39, 0.29) is 0 Å². The summed E-state index contributed by atoms with van der Waals surface area (Å²) in [5.41, 5.74) is 3.11. The molecule has 18 heavy (non-hydrogen) atoms. The van der Waals surface area contributed by atoms with Crippen molar-refractivity contribution in [1.82, 2.24) is 0 Å². The number of phenolic OH excluding ortho intramolecular Hbond substituents is 1. The van der Waals surface area contributed by atoms with E-state index in [0.717, 1.165) is 16.7 Å². The summed E-state index contributed by atoms with van der Waals surface area (Å²) < 4.78 is 0. The van der Waals surface area contributed by atoms with Crippen LogP contribution in [-0.4, -0.2) is 5.11 Å². The number of allylic oxidation sites excluding steroid dienone is 1. The molecule has 0 bridgehead atoms. The fourth-order valence-corrected chi connectivity index (χ4v) is 1.99. The third-order valence-corrected chi connectivity index (χ3v) is 2.78. The standard InChI is InChI=1S/C17H18O/c1-13(2)12-16(14-8-4-3-5-9-14)15-10-6-7-11-17(15)18/h3-13,18H,1-2H3/b16-12+. The smallest absolute Gasteiger partial charge is 0.123 e. The summed E-state index contributed by atoms with van der Waals surface area (Å²) in [5, 5.41) is 10.0. The van der Waals surface area contributed by atoms with Crippen molar-refractivity contribution in [3.63, 3.8) is 0 Å². The van der Waals surface area contributed by atoms with Gasteiger partial charge in [0.25, 0.3) is 0 Å². The zero-order valence-electron chi connectivity index (χ0n) is 10.8. The molecule has 0 aliphatic heterocycles. The molecule has 1 nitrogen and oxygen atoms in total. The summed E-state index contributed by atoms with van der Waals surface area (Å²) in [6, 6.07) is 17.7. The van der Waals surface area contributed by atoms with Crippen molar-refractivity contribution >= 4 is 5.57 Å². The molecular formula is C17H18O. The third-order valence-electron chi connectivity index (χ3n) is 2.78. The van der Waals surface area contributed by atoms with Gasteiger partial charge in [0.2, 0.25) is 0 Å². The van der Waals surface area contributed by atoms with Gasteiger partial charge in [0.15, 0.2) is 0 Å². The van der Waals surface area contributed by atoms with Gasteiger partial charge < -0.3 is 5.11 Å². The maximum absolute atomic E-state index is 10.0. The average molecular weight is 238 g/mol. The van der Waals surface area contributed by atoms with E-state index in [2.05, 4.69) is 32.1 Å². The van der Waals surface area contributed by atoms with E-state index in [4.69, 9.17) is 0 Å². The van der Waals surface area contributed by atoms with Crippen molar-refractivity contribution in [2.24, 2.45) is 5.92 Å². The summed E-state index contributed by atoms with van der Waals surface area (Å²) in [5.74, 6) is 0.757. The van der Waals surface area contributed by atoms with Gasteiger partial charge in [-0.15, -0.1) is 0 Å². The van der Waals surface area contributed by atoms with E-state index in [1.54, 1.807) is 6.07 Å². The lowest BCUT2D eigenvalue weighted by molar-refractivity contribution is 0.473. The molecule has 0 aliphatic carbocycles. The van der Waals surface area contributed by atoms with Crippen molar-refractivity contribution in [3.8, 4) is 5.75 Å². The van der Waals surface area contributed by atoms with Crippen molar-refractivity contribution in [2.45, 2.75) is 13.8 Å². The molecule has 0 atom stereocenters. The molecule has 0 unspecified atom stereocenters. The van der Waals surface area contributed by atoms with Gasteiger partial charge in [-0.25, -0.2) is 0 Å². The van der Waals surface area contributed by atoms with Gasteiger partial charge in [0.05, 0.1) is 0 Å². The van der Waals surface area contributed by atoms with Gasteiger partial charge in [-0.1, -0.05) is 68.5 Å². The van der Waals surface area contributed by atoms with Crippen molar-refractivity contribution in [3.05, 3.63) is 71.8 Å². The Kier molecular flexibility index (Phi) is 3.83. The van der Waals surface area contributed by atoms with Gasteiger partial charge in [-0.3, -0.25) is 0 Å². The van der Waals surface area contributed by atoms with Gasteiger partial charge >= 0.3 is 0 Å². The number of aromatic hydroxyl groups is 1. The fourth-order valence-electron chi connectivity index (χ4n) is 1.99. The quantitative estimate of drug-likeness (QED) is 0.835. The van der Waals surface area contributed by atoms with Crippen LogP contribution in [0.2, 0.25) is 0 Å². The Morgan fingerprint density at radius 1 is 0.944 bits per heavy atom. The van der Waals surface area contributed by atoms with E-state index in [1.165, 1.54) is 0 Å². The Hall–Kier alpha value is -2.02. The molecule has 0 amide bonds. The van der Waals surface area contributed by atoms with Gasteiger partial charge in [-0.2, -0.15) is 0 Å². The van der Waals surface area contributed by atoms with Crippen LogP contribution in [0.4, 0.5) is 0 Å². The Balaban J connectivity index is 2.55. The molecule has 0 radical (unpaired) electrons. The van der Waals surface area contributed by atoms with Crippen LogP contribution in [0.3, 0.4) is 0 Å². The number of hydrogen-bond donors (Lipinski definition) is 1. The highest BCUT2D eigenvalue weighted by molar-refractivity contribution is 5.82. The number of benzene rings is 2. The SMILES string of the molecule is CC(C)/C=C(\c1ccccc1)c1ccccc1O. The molecule has 0 fully saturated rings. The zero-order valence-corrected chi connectivity index (χ0v) is 10.8. The van der Waals surface area contributed by atoms with E-state index in [1.807, 2.05) is 36.4 Å². The normalized spacial score (nSPS) is 11.8. The summed E-state index contributed by atoms with van der Waals surface area (Å²) in [6.07, 6.45) is 2.18. The second-order valence-electron chi connectivity index (χ2n) is 4.71. The molecule has 0 heterocycles. The highest BCUT2D eigenvalue weighted by atomic mass is 16.3. The first-order chi connectivity index (χ1) is 8.68. The lowest BCUT2D eigenvalue weighted by Gasteiger charge is -2.11. The number of para-hydroxylation sites is 1. The van der Waals surface area contributed by atoms with Crippen LogP contribution >= 0.6 is 0 Å². The van der Waals surface area contributed by atoms with E-state index in [0.29, 0.717) is 11.7 Å². The van der Waals surface area contributed by atoms with Crippen LogP contribution in [0.25, 0.3) is 5.57 Å². The number of rotatable bonds is 3. The van der Waals surface area contributed by atoms with Crippen LogP contribution in [0.5, 0.6) is 5.75 Å². The Bertz CT molecular complexity index is 539. The lowest BCUT2D eigenvalue weighted by atomic mass is 9.94. The molecule has 2 aromatic rings. The highest BCUT2D eigenvalue weighted by Crippen LogP contribution is 2.31. The van der Waals surface area contributed by atoms with Gasteiger partial charge in [0.1, 0.15) is 5.75 Å². The minimum absolute atomic E-state index is 0.327. The van der Waals surface area contributed by atoms with Crippen LogP contribution in [0.15, 0.2) is 60.7 Å². The first-order valence-corrected chi connectivity index (χ1v) is 6.24. The zero-order chi connectivity index (χ0) is 13.0. The van der Waals surface area contributed by atoms with Crippen LogP contribution in [-0.2, 0) is 0 Å². The molecule has 0 aromatic heterocycles. The summed E-state index contributed by atoms with van der Waals surface area (Å²) in [7, 11) is 0. The molecule has 0 saturated heterocycles. The second-order valence-corrected chi connectivity index (χ2v) is 4.71. The number of hydrogen-bond acceptors (Lipinski definition) is 1. The van der Waals surface area contributed by atoms with E-state index in [9.17, 15) is 5.11 Å². The Morgan fingerprint density at radius 2 is 1.56 bits per heavy atom. The molecule has 0 spiro atoms. The topological polar surface area (TPSA) is 20.2 Å². The largest absolute Gasteiger partial charge is 0.507 e. The molecule has 1 N–H and O–H groups in total. The van der Waals surface area contributed by atoms with Gasteiger partial charge in [-0.05, 0) is 23.1 Å². The highest BCUT2D eigenvalue weighted by Gasteiger charge is 2.09.